The third-order valence-corrected chi connectivity index (χ3v) is 5.04. The van der Waals surface area contributed by atoms with Gasteiger partial charge in [-0.2, -0.15) is 13.5 Å². The minimum Gasteiger partial charge on any atom is -0.398 e. The molecule has 1 fully saturated rings. The highest BCUT2D eigenvalue weighted by atomic mass is 35.5. The molecule has 3 aromatic rings. The number of nitrogens with two attached hydrogens (primary N) is 1. The van der Waals surface area contributed by atoms with E-state index in [2.05, 4.69) is 20.6 Å². The van der Waals surface area contributed by atoms with Gasteiger partial charge in [-0.15, -0.1) is 0 Å². The van der Waals surface area contributed by atoms with Gasteiger partial charge in [-0.05, 0) is 50.0 Å². The molecule has 27 heavy (non-hydrogen) atoms. The van der Waals surface area contributed by atoms with Crippen LogP contribution in [-0.4, -0.2) is 34.6 Å². The molecule has 0 aliphatic carbocycles. The van der Waals surface area contributed by atoms with Gasteiger partial charge in [0.2, 0.25) is 0 Å². The van der Waals surface area contributed by atoms with Crippen molar-refractivity contribution in [1.29, 1.82) is 0 Å². The average Bonchev–Trinajstić information content (AvgIpc) is 2.69. The number of nitrogen functional groups attached to an aromatic ring is 1. The molecule has 142 valence electrons. The summed E-state index contributed by atoms with van der Waals surface area (Å²) < 4.78 is 0. The summed E-state index contributed by atoms with van der Waals surface area (Å²) in [6.07, 6.45) is 5.81. The molecule has 0 saturated carbocycles. The van der Waals surface area contributed by atoms with Crippen molar-refractivity contribution in [2.24, 2.45) is 5.92 Å². The van der Waals surface area contributed by atoms with Gasteiger partial charge in [0.1, 0.15) is 5.52 Å². The van der Waals surface area contributed by atoms with E-state index >= 15 is 0 Å². The molecule has 1 atom stereocenters. The van der Waals surface area contributed by atoms with E-state index < -0.39 is 0 Å². The Kier molecular flexibility index (Phi) is 6.36. The molecule has 3 heterocycles. The van der Waals surface area contributed by atoms with E-state index in [1.807, 2.05) is 18.2 Å². The fourth-order valence-corrected chi connectivity index (χ4v) is 3.45. The van der Waals surface area contributed by atoms with Gasteiger partial charge in [0.05, 0.1) is 21.9 Å². The topological polar surface area (TPSA) is 88.8 Å². The molecular weight excluding hydrogens is 380 g/mol. The summed E-state index contributed by atoms with van der Waals surface area (Å²) in [5, 5.41) is 7.44. The molecule has 1 aromatic carbocycles. The Morgan fingerprint density at radius 3 is 2.85 bits per heavy atom. The summed E-state index contributed by atoms with van der Waals surface area (Å²) in [6, 6.07) is 7.47. The molecule has 1 saturated heterocycles. The zero-order valence-electron chi connectivity index (χ0n) is 14.9. The van der Waals surface area contributed by atoms with Crippen LogP contribution in [0.1, 0.15) is 12.8 Å². The fraction of sp³-hybridized carbons (Fsp3) is 0.316. The summed E-state index contributed by atoms with van der Waals surface area (Å²) in [4.78, 5) is 13.7. The van der Waals surface area contributed by atoms with Gasteiger partial charge in [0.15, 0.2) is 5.82 Å². The van der Waals surface area contributed by atoms with Crippen molar-refractivity contribution in [3.05, 3.63) is 41.7 Å². The first-order chi connectivity index (χ1) is 12.7. The number of fused-ring (bicyclic) bond motifs is 1. The molecule has 6 nitrogen and oxygen atoms in total. The van der Waals surface area contributed by atoms with Crippen LogP contribution in [0.4, 0.5) is 11.5 Å². The molecule has 4 rings (SSSR count). The van der Waals surface area contributed by atoms with Crippen LogP contribution in [0.5, 0.6) is 0 Å². The normalized spacial score (nSPS) is 16.7. The predicted molar refractivity (Wildman–Crippen MR) is 117 cm³/mol. The molecule has 1 aliphatic rings. The Morgan fingerprint density at radius 1 is 1.22 bits per heavy atom. The first-order valence-electron chi connectivity index (χ1n) is 8.82. The van der Waals surface area contributed by atoms with Gasteiger partial charge < -0.3 is 16.4 Å². The number of benzene rings is 1. The number of nitrogens with one attached hydrogen (secondary N) is 2. The van der Waals surface area contributed by atoms with Gasteiger partial charge in [-0.3, -0.25) is 4.98 Å². The van der Waals surface area contributed by atoms with E-state index in [1.165, 1.54) is 12.8 Å². The Labute approximate surface area is 170 Å². The number of nitrogens with zero attached hydrogens (tertiary/aromatic N) is 3. The smallest absolute Gasteiger partial charge is 0.154 e. The molecule has 0 amide bonds. The Hall–Kier alpha value is -2.09. The van der Waals surface area contributed by atoms with E-state index in [0.29, 0.717) is 16.6 Å². The molecule has 0 bridgehead atoms. The van der Waals surface area contributed by atoms with Crippen LogP contribution in [-0.2, 0) is 0 Å². The second-order valence-electron chi connectivity index (χ2n) is 6.61. The van der Waals surface area contributed by atoms with Crippen LogP contribution in [0.3, 0.4) is 0 Å². The van der Waals surface area contributed by atoms with Crippen LogP contribution in [0.2, 0.25) is 5.02 Å². The predicted octanol–water partition coefficient (Wildman–Crippen LogP) is 3.45. The van der Waals surface area contributed by atoms with E-state index in [9.17, 15) is 0 Å². The van der Waals surface area contributed by atoms with E-state index in [0.717, 1.165) is 47.7 Å². The summed E-state index contributed by atoms with van der Waals surface area (Å²) in [7, 11) is 0. The van der Waals surface area contributed by atoms with Crippen molar-refractivity contribution in [2.75, 3.05) is 30.7 Å². The quantitative estimate of drug-likeness (QED) is 0.579. The second kappa shape index (κ2) is 8.73. The van der Waals surface area contributed by atoms with Crippen molar-refractivity contribution in [1.82, 2.24) is 20.3 Å². The van der Waals surface area contributed by atoms with E-state index in [4.69, 9.17) is 22.3 Å². The van der Waals surface area contributed by atoms with Crippen LogP contribution in [0, 0.1) is 5.92 Å². The zero-order valence-corrected chi connectivity index (χ0v) is 16.6. The monoisotopic (exact) mass is 402 g/mol. The lowest BCUT2D eigenvalue weighted by molar-refractivity contribution is 0.392. The number of piperidine rings is 1. The maximum atomic E-state index is 6.18. The summed E-state index contributed by atoms with van der Waals surface area (Å²) in [5.41, 5.74) is 9.66. The number of aromatic nitrogens is 3. The molecule has 2 aromatic heterocycles. The number of anilines is 2. The summed E-state index contributed by atoms with van der Waals surface area (Å²) in [5.74, 6) is 1.34. The third-order valence-electron chi connectivity index (χ3n) is 4.71. The fourth-order valence-electron chi connectivity index (χ4n) is 3.27. The Bertz CT molecular complexity index is 929. The lowest BCUT2D eigenvalue weighted by Gasteiger charge is -2.23. The number of pyridine rings is 1. The second-order valence-corrected chi connectivity index (χ2v) is 7.02. The highest BCUT2D eigenvalue weighted by Crippen LogP contribution is 2.29. The molecule has 1 aliphatic heterocycles. The van der Waals surface area contributed by atoms with Crippen molar-refractivity contribution >= 4 is 47.6 Å². The largest absolute Gasteiger partial charge is 0.398 e. The van der Waals surface area contributed by atoms with Crippen molar-refractivity contribution in [3.8, 4) is 11.3 Å². The third kappa shape index (κ3) is 4.43. The zero-order chi connectivity index (χ0) is 17.9. The van der Waals surface area contributed by atoms with Crippen molar-refractivity contribution < 1.29 is 0 Å². The van der Waals surface area contributed by atoms with Gasteiger partial charge in [0.25, 0.3) is 0 Å². The molecular formula is C19H23ClN6S. The standard InChI is InChI=1S/C19H21ClN6.H2S/c20-14-8-13(3-4-15(14)21)16-9-17-18(24-7-6-23-17)19(26-16)25-11-12-2-1-5-22-10-12;/h3-4,6-9,12,22H,1-2,5,10-11,21H2,(H,25,26);1H2/t12-;/m0./s1. The molecule has 0 radical (unpaired) electrons. The molecule has 8 heteroatoms. The molecule has 4 N–H and O–H groups in total. The first kappa shape index (κ1) is 19.7. The van der Waals surface area contributed by atoms with Crippen molar-refractivity contribution in [2.45, 2.75) is 12.8 Å². The van der Waals surface area contributed by atoms with Gasteiger partial charge in [-0.25, -0.2) is 9.97 Å². The van der Waals surface area contributed by atoms with Gasteiger partial charge >= 0.3 is 0 Å². The van der Waals surface area contributed by atoms with Crippen LogP contribution in [0.15, 0.2) is 36.7 Å². The summed E-state index contributed by atoms with van der Waals surface area (Å²) >= 11 is 6.18. The molecule has 0 unspecified atom stereocenters. The number of hydrogen-bond acceptors (Lipinski definition) is 6. The van der Waals surface area contributed by atoms with Gasteiger partial charge in [-0.1, -0.05) is 17.7 Å². The maximum Gasteiger partial charge on any atom is 0.154 e. The highest BCUT2D eigenvalue weighted by Gasteiger charge is 2.15. The average molecular weight is 403 g/mol. The van der Waals surface area contributed by atoms with Crippen LogP contribution < -0.4 is 16.4 Å². The Morgan fingerprint density at radius 2 is 2.07 bits per heavy atom. The Balaban J connectivity index is 0.00000210. The first-order valence-corrected chi connectivity index (χ1v) is 9.20. The van der Waals surface area contributed by atoms with E-state index in [-0.39, 0.29) is 13.5 Å². The van der Waals surface area contributed by atoms with Gasteiger partial charge in [0, 0.05) is 24.5 Å². The van der Waals surface area contributed by atoms with Crippen molar-refractivity contribution in [3.63, 3.8) is 0 Å². The number of hydrogen-bond donors (Lipinski definition) is 3. The molecule has 0 spiro atoms. The summed E-state index contributed by atoms with van der Waals surface area (Å²) in [6.45, 7) is 3.00. The highest BCUT2D eigenvalue weighted by molar-refractivity contribution is 7.59. The number of halogens is 1. The van der Waals surface area contributed by atoms with Crippen LogP contribution >= 0.6 is 25.1 Å². The van der Waals surface area contributed by atoms with Crippen LogP contribution in [0.25, 0.3) is 22.3 Å². The SMILES string of the molecule is Nc1ccc(-c2cc3nccnc3c(NC[C@H]3CCCNC3)n2)cc1Cl.S. The maximum absolute atomic E-state index is 6.18. The lowest BCUT2D eigenvalue weighted by atomic mass is 10.00. The number of rotatable bonds is 4. The lowest BCUT2D eigenvalue weighted by Crippen LogP contribution is -2.33. The van der Waals surface area contributed by atoms with E-state index in [1.54, 1.807) is 18.5 Å². The minimum atomic E-state index is 0. The minimum absolute atomic E-state index is 0.